The summed E-state index contributed by atoms with van der Waals surface area (Å²) in [6, 6.07) is 27.0. The minimum atomic E-state index is -4.97. The summed E-state index contributed by atoms with van der Waals surface area (Å²) in [5.74, 6) is -5.08. The van der Waals surface area contributed by atoms with Gasteiger partial charge in [-0.15, -0.1) is 0 Å². The zero-order valence-corrected chi connectivity index (χ0v) is 80.4. The Kier molecular flexibility index (Phi) is 33.7. The molecule has 8 fully saturated rings. The highest BCUT2D eigenvalue weighted by Gasteiger charge is 2.56. The third-order valence-electron chi connectivity index (χ3n) is 29.4. The van der Waals surface area contributed by atoms with Gasteiger partial charge in [-0.05, 0) is 322 Å². The molecule has 0 aromatic heterocycles. The Bertz CT molecular complexity index is 5440. The number of halogens is 28. The first kappa shape index (κ1) is 114. The lowest BCUT2D eigenvalue weighted by molar-refractivity contribution is -0.145. The topological polar surface area (TPSA) is 243 Å². The van der Waals surface area contributed by atoms with Crippen LogP contribution in [0.1, 0.15) is 264 Å². The van der Waals surface area contributed by atoms with Crippen LogP contribution in [0.3, 0.4) is 0 Å². The molecule has 148 heavy (non-hydrogen) atoms. The average molecular weight is 2130 g/mol. The molecule has 4 saturated heterocycles. The Morgan fingerprint density at radius 3 is 0.635 bits per heavy atom. The summed E-state index contributed by atoms with van der Waals surface area (Å²) in [5.41, 5.74) is 5.58. The van der Waals surface area contributed by atoms with Crippen molar-refractivity contribution in [1.82, 2.24) is 26.6 Å². The van der Waals surface area contributed by atoms with Crippen molar-refractivity contribution < 1.29 is 162 Å². The molecular formula is C104H110F28N8O8. The highest BCUT2D eigenvalue weighted by atomic mass is 19.4. The maximum Gasteiger partial charge on any atom is 0.416 e. The molecule has 24 atom stereocenters. The smallest absolute Gasteiger partial charge is 0.370 e. The predicted molar refractivity (Wildman–Crippen MR) is 485 cm³/mol. The Morgan fingerprint density at radius 2 is 0.480 bits per heavy atom. The largest absolute Gasteiger partial charge is 0.416 e. The van der Waals surface area contributed by atoms with E-state index >= 15 is 0 Å². The number of rotatable bonds is 21. The summed E-state index contributed by atoms with van der Waals surface area (Å²) in [6.45, 7) is 10.5. The van der Waals surface area contributed by atoms with Crippen LogP contribution >= 0.6 is 0 Å². The van der Waals surface area contributed by atoms with Gasteiger partial charge in [0.15, 0.2) is 0 Å². The number of benzene rings is 8. The number of nitrogens with one attached hydrogen (secondary N) is 5. The van der Waals surface area contributed by atoms with Crippen molar-refractivity contribution in [3.63, 3.8) is 0 Å². The van der Waals surface area contributed by atoms with Crippen LogP contribution in [0.5, 0.6) is 0 Å². The molecule has 4 heterocycles. The Hall–Kier alpha value is -10.6. The van der Waals surface area contributed by atoms with Crippen LogP contribution in [-0.2, 0) is 87.5 Å². The number of likely N-dealkylation sites (N-methyl/N-ethyl adjacent to an activating group) is 1. The standard InChI is InChI=1S/4C26H27F7N2O2.H2/c1-13(15-9-16(25(28,29)30)11-17(10-15)26(31,32)33)37-22-8-7-19(20-12-21(34-2)24(36)35-20)23(22)14-3-5-18(27)6-4-14;3*1-13(15-9-16(25(28,29)30)11-17(10-15)26(31,32)33)37-21-8-7-19(20-12-24(2,34)23(36)35-20)22(21)14-3-5-18(27)6-4-14;/h3-6,9-11,13,19-23,34H,7-8,12H2,1-2H3,(H,35,36);3*3-6,9-11,13,19-22H,7-8,12,34H2,1-2H3,(H,35,36);1H/t13-,19+,20-,21-,22+,23+;13-,19+,20+,21+,22+,24+;13-,19+,20-,21+,22+,24+;13-,19+,20-,21+,22+,24-;/m1111./s1. The molecule has 0 radical (unpaired) electrons. The maximum atomic E-state index is 13.6. The van der Waals surface area contributed by atoms with Crippen LogP contribution in [0.15, 0.2) is 170 Å². The predicted octanol–water partition coefficient (Wildman–Crippen LogP) is 24.6. The molecule has 44 heteroatoms. The van der Waals surface area contributed by atoms with E-state index in [1.54, 1.807) is 76.3 Å². The molecule has 4 aliphatic heterocycles. The van der Waals surface area contributed by atoms with Crippen LogP contribution in [0, 0.1) is 46.9 Å². The lowest BCUT2D eigenvalue weighted by Gasteiger charge is -2.31. The van der Waals surface area contributed by atoms with E-state index in [9.17, 15) is 142 Å². The van der Waals surface area contributed by atoms with Crippen LogP contribution < -0.4 is 43.8 Å². The lowest BCUT2D eigenvalue weighted by atomic mass is 9.81. The van der Waals surface area contributed by atoms with Crippen molar-refractivity contribution in [3.05, 3.63) is 282 Å². The van der Waals surface area contributed by atoms with Gasteiger partial charge in [-0.3, -0.25) is 19.2 Å². The zero-order chi connectivity index (χ0) is 109. The molecule has 0 spiro atoms. The molecule has 11 N–H and O–H groups in total. The Balaban J connectivity index is 0.000000176. The van der Waals surface area contributed by atoms with Gasteiger partial charge in [0, 0.05) is 49.3 Å². The number of amides is 4. The highest BCUT2D eigenvalue weighted by Crippen LogP contribution is 2.55. The van der Waals surface area contributed by atoms with Crippen LogP contribution in [0.4, 0.5) is 123 Å². The molecule has 4 aliphatic carbocycles. The minimum Gasteiger partial charge on any atom is -0.370 e. The second kappa shape index (κ2) is 43.6. The summed E-state index contributed by atoms with van der Waals surface area (Å²) < 4.78 is 400. The number of carbonyl (C=O) groups excluding carboxylic acids is 4. The molecular weight excluding hydrogens is 2020 g/mol. The monoisotopic (exact) mass is 2130 g/mol. The fourth-order valence-electron chi connectivity index (χ4n) is 22.0. The fraction of sp³-hybridized carbons (Fsp3) is 0.500. The van der Waals surface area contributed by atoms with Gasteiger partial charge in [0.25, 0.3) is 0 Å². The fourth-order valence-corrected chi connectivity index (χ4v) is 22.0. The van der Waals surface area contributed by atoms with E-state index in [-0.39, 0.29) is 131 Å². The third-order valence-corrected chi connectivity index (χ3v) is 29.4. The van der Waals surface area contributed by atoms with Gasteiger partial charge in [0.2, 0.25) is 23.6 Å². The van der Waals surface area contributed by atoms with Crippen LogP contribution in [0.25, 0.3) is 0 Å². The normalized spacial score (nSPS) is 28.9. The Labute approximate surface area is 833 Å². The number of hydrogen-bond acceptors (Lipinski definition) is 12. The van der Waals surface area contributed by atoms with Crippen molar-refractivity contribution >= 4 is 23.6 Å². The molecule has 16 nitrogen and oxygen atoms in total. The maximum absolute atomic E-state index is 13.6. The first-order valence-electron chi connectivity index (χ1n) is 47.5. The van der Waals surface area contributed by atoms with Crippen molar-refractivity contribution in [2.75, 3.05) is 7.05 Å². The molecule has 0 unspecified atom stereocenters. The highest BCUT2D eigenvalue weighted by molar-refractivity contribution is 5.89. The van der Waals surface area contributed by atoms with Crippen LogP contribution in [0.2, 0.25) is 0 Å². The Morgan fingerprint density at radius 1 is 0.297 bits per heavy atom. The first-order chi connectivity index (χ1) is 68.4. The van der Waals surface area contributed by atoms with Gasteiger partial charge in [0.05, 0.1) is 116 Å². The van der Waals surface area contributed by atoms with E-state index in [0.717, 1.165) is 5.56 Å². The van der Waals surface area contributed by atoms with Gasteiger partial charge in [-0.2, -0.15) is 105 Å². The molecule has 16 rings (SSSR count). The number of carbonyl (C=O) groups is 4. The van der Waals surface area contributed by atoms with E-state index < -0.39 is 200 Å². The van der Waals surface area contributed by atoms with Gasteiger partial charge in [-0.25, -0.2) is 17.6 Å². The second-order valence-corrected chi connectivity index (χ2v) is 40.2. The minimum absolute atomic E-state index is 0. The van der Waals surface area contributed by atoms with Gasteiger partial charge < -0.3 is 62.7 Å². The van der Waals surface area contributed by atoms with Crippen LogP contribution in [-0.4, -0.2) is 102 Å². The molecule has 8 aromatic carbocycles. The number of hydrogen-bond donors (Lipinski definition) is 8. The quantitative estimate of drug-likeness (QED) is 0.0313. The molecule has 4 saturated carbocycles. The summed E-state index contributed by atoms with van der Waals surface area (Å²) in [6.07, 6.45) is -40.9. The summed E-state index contributed by atoms with van der Waals surface area (Å²) in [5, 5.41) is 14.7. The van der Waals surface area contributed by atoms with E-state index in [1.807, 2.05) is 0 Å². The van der Waals surface area contributed by atoms with E-state index in [0.29, 0.717) is 142 Å². The van der Waals surface area contributed by atoms with Crippen molar-refractivity contribution in [3.8, 4) is 0 Å². The third kappa shape index (κ3) is 27.1. The first-order valence-corrected chi connectivity index (χ1v) is 47.5. The zero-order valence-electron chi connectivity index (χ0n) is 80.4. The molecule has 8 aliphatic rings. The van der Waals surface area contributed by atoms with Gasteiger partial charge >= 0.3 is 49.4 Å². The number of alkyl halides is 24. The lowest BCUT2D eigenvalue weighted by Crippen LogP contribution is -2.43. The second-order valence-electron chi connectivity index (χ2n) is 40.2. The van der Waals surface area contributed by atoms with E-state index in [4.69, 9.17) is 36.1 Å². The summed E-state index contributed by atoms with van der Waals surface area (Å²) in [4.78, 5) is 49.3. The van der Waals surface area contributed by atoms with E-state index in [1.165, 1.54) is 76.2 Å². The molecule has 8 aromatic rings. The number of nitrogens with two attached hydrogens (primary N) is 3. The van der Waals surface area contributed by atoms with E-state index in [2.05, 4.69) is 26.6 Å². The van der Waals surface area contributed by atoms with Crippen molar-refractivity contribution in [2.45, 2.75) is 294 Å². The summed E-state index contributed by atoms with van der Waals surface area (Å²) in [7, 11) is 1.68. The summed E-state index contributed by atoms with van der Waals surface area (Å²) >= 11 is 0. The number of ether oxygens (including phenoxy) is 4. The van der Waals surface area contributed by atoms with Crippen molar-refractivity contribution in [1.29, 1.82) is 0 Å². The van der Waals surface area contributed by atoms with Gasteiger partial charge in [0.1, 0.15) is 23.3 Å². The van der Waals surface area contributed by atoms with Crippen molar-refractivity contribution in [2.24, 2.45) is 40.9 Å². The molecule has 810 valence electrons. The molecule has 0 bridgehead atoms. The van der Waals surface area contributed by atoms with Gasteiger partial charge in [-0.1, -0.05) is 48.5 Å². The molecule has 4 amide bonds. The SMILES string of the molecule is CN[C@@H]1C[C@H]([C@@H]2CC[C@H](O[C@H](C)c3cc(C(F)(F)F)cc(C(F)(F)F)c3)[C@H]2c2ccc(F)cc2)NC1=O.C[C@@H](O[C@H]1CC[C@@H]([C@@H]2C[C@](C)(N)C(=O)N2)[C@@H]1c1ccc(F)cc1)c1cc(C(F)(F)F)cc(C(F)(F)F)c1.C[C@@H](O[C@H]1CC[C@@H]([C@H]2C[C@@](C)(N)C(=O)N2)[C@@H]1c1ccc(F)cc1)c1cc(C(F)(F)F)cc(C(F)(F)F)c1.C[C@@H](O[C@H]1CC[C@@H]([C@H]2C[C@](C)(N)C(=O)N2)[C@@H]1c1ccc(F)cc1)c1cc(C(F)(F)F)cc(C(F)(F)F)c1.[HH]. The average Bonchev–Trinajstić information content (AvgIpc) is 1.63.